The Morgan fingerprint density at radius 2 is 1.54 bits per heavy atom. The van der Waals surface area contributed by atoms with Crippen LogP contribution in [0.5, 0.6) is 0 Å². The zero-order valence-electron chi connectivity index (χ0n) is 15.7. The summed E-state index contributed by atoms with van der Waals surface area (Å²) in [6, 6.07) is 10.3. The third kappa shape index (κ3) is 4.95. The predicted molar refractivity (Wildman–Crippen MR) is 113 cm³/mol. The number of amides is 1. The van der Waals surface area contributed by atoms with E-state index in [0.29, 0.717) is 6.54 Å². The molecule has 1 fully saturated rings. The van der Waals surface area contributed by atoms with E-state index in [0.717, 1.165) is 45.2 Å². The number of hydrogen-bond donors (Lipinski definition) is 1. The molecular formula is C20H24N5OS2+. The van der Waals surface area contributed by atoms with Gasteiger partial charge in [-0.2, -0.15) is 0 Å². The third-order valence-corrected chi connectivity index (χ3v) is 6.63. The van der Waals surface area contributed by atoms with E-state index in [1.54, 1.807) is 35.1 Å². The molecule has 1 aliphatic heterocycles. The minimum absolute atomic E-state index is 0.233. The highest BCUT2D eigenvalue weighted by Crippen LogP contribution is 2.11. The maximum Gasteiger partial charge on any atom is 0.277 e. The first kappa shape index (κ1) is 19.0. The largest absolute Gasteiger partial charge is 0.337 e. The Labute approximate surface area is 173 Å². The van der Waals surface area contributed by atoms with Crippen LogP contribution in [0.3, 0.4) is 0 Å². The first-order chi connectivity index (χ1) is 13.8. The summed E-state index contributed by atoms with van der Waals surface area (Å²) in [4.78, 5) is 29.7. The van der Waals surface area contributed by atoms with Gasteiger partial charge in [-0.25, -0.2) is 9.97 Å². The van der Waals surface area contributed by atoms with Gasteiger partial charge in [-0.1, -0.05) is 12.1 Å². The molecule has 28 heavy (non-hydrogen) atoms. The normalized spacial score (nSPS) is 14.6. The topological polar surface area (TPSA) is 53.8 Å². The van der Waals surface area contributed by atoms with Gasteiger partial charge in [0.2, 0.25) is 5.95 Å². The number of hydrogen-bond acceptors (Lipinski definition) is 6. The van der Waals surface area contributed by atoms with Crippen LogP contribution in [0.15, 0.2) is 53.5 Å². The Bertz CT molecular complexity index is 810. The Kier molecular flexibility index (Phi) is 6.31. The highest BCUT2D eigenvalue weighted by molar-refractivity contribution is 7.10. The summed E-state index contributed by atoms with van der Waals surface area (Å²) in [5.41, 5.74) is 0. The lowest BCUT2D eigenvalue weighted by Crippen LogP contribution is -3.10. The standard InChI is InChI=1S/C20H23N5OS2/c26-19(24-8-10-25(11-9-24)20-21-6-3-7-22-20)16-23(14-17-4-1-12-27-17)15-18-5-2-13-28-18/h1-7,12-13H,8-11,14-16H2/p+1. The van der Waals surface area contributed by atoms with E-state index in [2.05, 4.69) is 49.9 Å². The third-order valence-electron chi connectivity index (χ3n) is 4.88. The maximum atomic E-state index is 13.0. The van der Waals surface area contributed by atoms with Crippen LogP contribution in [0.1, 0.15) is 9.75 Å². The molecule has 0 radical (unpaired) electrons. The summed E-state index contributed by atoms with van der Waals surface area (Å²) in [6.45, 7) is 5.31. The lowest BCUT2D eigenvalue weighted by Gasteiger charge is -2.35. The van der Waals surface area contributed by atoms with Crippen LogP contribution in [0, 0.1) is 0 Å². The smallest absolute Gasteiger partial charge is 0.277 e. The number of nitrogens with zero attached hydrogens (tertiary/aromatic N) is 4. The van der Waals surface area contributed by atoms with Crippen LogP contribution in [0.4, 0.5) is 5.95 Å². The highest BCUT2D eigenvalue weighted by Gasteiger charge is 2.26. The average molecular weight is 415 g/mol. The predicted octanol–water partition coefficient (Wildman–Crippen LogP) is 1.53. The fourth-order valence-corrected chi connectivity index (χ4v) is 5.00. The van der Waals surface area contributed by atoms with Gasteiger partial charge in [-0.15, -0.1) is 22.7 Å². The van der Waals surface area contributed by atoms with Crippen molar-refractivity contribution in [3.8, 4) is 0 Å². The molecule has 0 bridgehead atoms. The number of anilines is 1. The van der Waals surface area contributed by atoms with Crippen molar-refractivity contribution in [2.45, 2.75) is 13.1 Å². The molecule has 0 aliphatic carbocycles. The summed E-state index contributed by atoms with van der Waals surface area (Å²) in [7, 11) is 0. The van der Waals surface area contributed by atoms with Gasteiger partial charge in [0.1, 0.15) is 13.1 Å². The SMILES string of the molecule is O=C(C[NH+](Cc1cccs1)Cc1cccs1)N1CCN(c2ncccn2)CC1. The fraction of sp³-hybridized carbons (Fsp3) is 0.350. The van der Waals surface area contributed by atoms with Crippen molar-refractivity contribution in [1.29, 1.82) is 0 Å². The Morgan fingerprint density at radius 1 is 0.929 bits per heavy atom. The molecule has 8 heteroatoms. The minimum atomic E-state index is 0.233. The van der Waals surface area contributed by atoms with Crippen molar-refractivity contribution in [2.24, 2.45) is 0 Å². The zero-order valence-corrected chi connectivity index (χ0v) is 17.3. The molecular weight excluding hydrogens is 390 g/mol. The second-order valence-corrected chi connectivity index (χ2v) is 8.92. The fourth-order valence-electron chi connectivity index (χ4n) is 3.44. The molecule has 1 aliphatic rings. The molecule has 0 atom stereocenters. The van der Waals surface area contributed by atoms with E-state index in [9.17, 15) is 4.79 Å². The Balaban J connectivity index is 1.34. The molecule has 4 rings (SSSR count). The van der Waals surface area contributed by atoms with Crippen molar-refractivity contribution < 1.29 is 9.69 Å². The molecule has 4 heterocycles. The molecule has 6 nitrogen and oxygen atoms in total. The molecule has 0 unspecified atom stereocenters. The Morgan fingerprint density at radius 3 is 2.07 bits per heavy atom. The number of aromatic nitrogens is 2. The summed E-state index contributed by atoms with van der Waals surface area (Å²) in [5.74, 6) is 0.981. The summed E-state index contributed by atoms with van der Waals surface area (Å²) in [5, 5.41) is 4.20. The molecule has 0 spiro atoms. The molecule has 1 saturated heterocycles. The van der Waals surface area contributed by atoms with Gasteiger partial charge in [-0.05, 0) is 29.0 Å². The van der Waals surface area contributed by atoms with E-state index in [1.807, 2.05) is 11.0 Å². The summed E-state index contributed by atoms with van der Waals surface area (Å²) < 4.78 is 0. The highest BCUT2D eigenvalue weighted by atomic mass is 32.1. The van der Waals surface area contributed by atoms with E-state index >= 15 is 0 Å². The lowest BCUT2D eigenvalue weighted by molar-refractivity contribution is -0.919. The summed E-state index contributed by atoms with van der Waals surface area (Å²) >= 11 is 3.52. The van der Waals surface area contributed by atoms with Crippen LogP contribution < -0.4 is 9.80 Å². The molecule has 1 amide bonds. The van der Waals surface area contributed by atoms with Crippen molar-refractivity contribution in [3.05, 3.63) is 63.2 Å². The average Bonchev–Trinajstić information content (AvgIpc) is 3.43. The molecule has 0 aromatic carbocycles. The lowest BCUT2D eigenvalue weighted by atomic mass is 10.3. The quantitative estimate of drug-likeness (QED) is 0.637. The molecule has 0 saturated carbocycles. The van der Waals surface area contributed by atoms with Crippen LogP contribution in [0.25, 0.3) is 0 Å². The minimum Gasteiger partial charge on any atom is -0.337 e. The number of nitrogens with one attached hydrogen (secondary N) is 1. The van der Waals surface area contributed by atoms with Gasteiger partial charge < -0.3 is 14.7 Å². The second-order valence-electron chi connectivity index (χ2n) is 6.86. The van der Waals surface area contributed by atoms with Gasteiger partial charge in [0.25, 0.3) is 5.91 Å². The summed E-state index contributed by atoms with van der Waals surface area (Å²) in [6.07, 6.45) is 3.52. The molecule has 3 aromatic rings. The van der Waals surface area contributed by atoms with Gasteiger partial charge in [0.05, 0.1) is 9.75 Å². The number of rotatable bonds is 7. The number of quaternary nitrogens is 1. The molecule has 3 aromatic heterocycles. The van der Waals surface area contributed by atoms with Crippen LogP contribution >= 0.6 is 22.7 Å². The van der Waals surface area contributed by atoms with Crippen molar-refractivity contribution >= 4 is 34.5 Å². The van der Waals surface area contributed by atoms with Gasteiger partial charge in [-0.3, -0.25) is 4.79 Å². The van der Waals surface area contributed by atoms with Gasteiger partial charge in [0, 0.05) is 38.6 Å². The van der Waals surface area contributed by atoms with Crippen molar-refractivity contribution in [3.63, 3.8) is 0 Å². The van der Waals surface area contributed by atoms with E-state index in [4.69, 9.17) is 0 Å². The Hall–Kier alpha value is -2.29. The number of carbonyl (C=O) groups excluding carboxylic acids is 1. The number of carbonyl (C=O) groups is 1. The van der Waals surface area contributed by atoms with Crippen LogP contribution in [-0.2, 0) is 17.9 Å². The van der Waals surface area contributed by atoms with Crippen molar-refractivity contribution in [2.75, 3.05) is 37.6 Å². The first-order valence-corrected chi connectivity index (χ1v) is 11.2. The second kappa shape index (κ2) is 9.27. The number of thiophene rings is 2. The first-order valence-electron chi connectivity index (χ1n) is 9.46. The van der Waals surface area contributed by atoms with E-state index < -0.39 is 0 Å². The zero-order chi connectivity index (χ0) is 19.2. The molecule has 1 N–H and O–H groups in total. The van der Waals surface area contributed by atoms with Gasteiger partial charge >= 0.3 is 0 Å². The van der Waals surface area contributed by atoms with Crippen LogP contribution in [-0.4, -0.2) is 53.5 Å². The van der Waals surface area contributed by atoms with Crippen LogP contribution in [0.2, 0.25) is 0 Å². The number of piperazine rings is 1. The monoisotopic (exact) mass is 414 g/mol. The maximum absolute atomic E-state index is 13.0. The van der Waals surface area contributed by atoms with Crippen molar-refractivity contribution in [1.82, 2.24) is 14.9 Å². The molecule has 146 valence electrons. The van der Waals surface area contributed by atoms with Gasteiger partial charge in [0.15, 0.2) is 6.54 Å². The van der Waals surface area contributed by atoms with E-state index in [-0.39, 0.29) is 5.91 Å². The van der Waals surface area contributed by atoms with E-state index in [1.165, 1.54) is 14.7 Å².